The lowest BCUT2D eigenvalue weighted by Crippen LogP contribution is -2.58. The maximum atomic E-state index is 11.8. The highest BCUT2D eigenvalue weighted by atomic mass is 16.1. The topological polar surface area (TPSA) is 61.6 Å². The lowest BCUT2D eigenvalue weighted by Gasteiger charge is -2.36. The third-order valence-electron chi connectivity index (χ3n) is 4.57. The van der Waals surface area contributed by atoms with Gasteiger partial charge in [-0.25, -0.2) is 0 Å². The van der Waals surface area contributed by atoms with Crippen molar-refractivity contribution in [2.75, 3.05) is 33.2 Å². The van der Waals surface area contributed by atoms with Crippen molar-refractivity contribution < 1.29 is 4.79 Å². The average Bonchev–Trinajstić information content (AvgIpc) is 2.87. The zero-order chi connectivity index (χ0) is 16.0. The smallest absolute Gasteiger partial charge is 0.237 e. The first-order chi connectivity index (χ1) is 9.74. The maximum Gasteiger partial charge on any atom is 0.237 e. The van der Waals surface area contributed by atoms with Crippen LogP contribution in [-0.2, 0) is 4.79 Å². The van der Waals surface area contributed by atoms with Crippen molar-refractivity contribution in [3.05, 3.63) is 0 Å². The van der Waals surface area contributed by atoms with Crippen molar-refractivity contribution in [2.45, 2.75) is 64.6 Å². The van der Waals surface area contributed by atoms with Crippen LogP contribution in [0.2, 0.25) is 0 Å². The summed E-state index contributed by atoms with van der Waals surface area (Å²) in [6, 6.07) is 0.556. The average molecular weight is 298 g/mol. The summed E-state index contributed by atoms with van der Waals surface area (Å²) in [5.74, 6) is -0.268. The van der Waals surface area contributed by atoms with Gasteiger partial charge in [-0.05, 0) is 67.1 Å². The highest BCUT2D eigenvalue weighted by molar-refractivity contribution is 5.84. The van der Waals surface area contributed by atoms with Crippen LogP contribution in [0.3, 0.4) is 0 Å². The van der Waals surface area contributed by atoms with Crippen molar-refractivity contribution in [3.8, 4) is 0 Å². The Hall–Kier alpha value is -0.650. The normalized spacial score (nSPS) is 20.9. The van der Waals surface area contributed by atoms with E-state index in [-0.39, 0.29) is 11.9 Å². The molecule has 0 bridgehead atoms. The molecular formula is C16H34N4O. The monoisotopic (exact) mass is 298 g/mol. The van der Waals surface area contributed by atoms with Crippen LogP contribution in [0.15, 0.2) is 0 Å². The van der Waals surface area contributed by atoms with E-state index in [2.05, 4.69) is 29.1 Å². The number of likely N-dealkylation sites (N-methyl/N-ethyl adjacent to an activating group) is 1. The minimum atomic E-state index is -0.643. The largest absolute Gasteiger partial charge is 0.368 e. The Bertz CT molecular complexity index is 328. The van der Waals surface area contributed by atoms with Crippen LogP contribution >= 0.6 is 0 Å². The van der Waals surface area contributed by atoms with Gasteiger partial charge < -0.3 is 20.9 Å². The molecule has 2 atom stereocenters. The quantitative estimate of drug-likeness (QED) is 0.667. The van der Waals surface area contributed by atoms with Gasteiger partial charge >= 0.3 is 0 Å². The van der Waals surface area contributed by atoms with Gasteiger partial charge in [-0.2, -0.15) is 0 Å². The van der Waals surface area contributed by atoms with E-state index >= 15 is 0 Å². The maximum absolute atomic E-state index is 11.8. The van der Waals surface area contributed by atoms with Gasteiger partial charge in [-0.1, -0.05) is 0 Å². The number of hydrogen-bond acceptors (Lipinski definition) is 4. The summed E-state index contributed by atoms with van der Waals surface area (Å²) in [4.78, 5) is 16.7. The summed E-state index contributed by atoms with van der Waals surface area (Å²) in [5.41, 5.74) is 4.97. The van der Waals surface area contributed by atoms with Crippen molar-refractivity contribution in [2.24, 2.45) is 5.73 Å². The standard InChI is InChI=1S/C16H34N4O/c1-13(2)18-16(4,15(17)21)12-14(3)19(5)10-11-20-8-6-7-9-20/h13-14,18H,6-12H2,1-5H3,(H2,17,21). The number of likely N-dealkylation sites (tertiary alicyclic amines) is 1. The van der Waals surface area contributed by atoms with Gasteiger partial charge in [0.1, 0.15) is 0 Å². The van der Waals surface area contributed by atoms with Crippen molar-refractivity contribution in [1.29, 1.82) is 0 Å². The van der Waals surface area contributed by atoms with Gasteiger partial charge in [0.25, 0.3) is 0 Å². The Morgan fingerprint density at radius 3 is 2.38 bits per heavy atom. The zero-order valence-corrected chi connectivity index (χ0v) is 14.5. The van der Waals surface area contributed by atoms with E-state index in [1.54, 1.807) is 0 Å². The minimum Gasteiger partial charge on any atom is -0.368 e. The highest BCUT2D eigenvalue weighted by Crippen LogP contribution is 2.17. The van der Waals surface area contributed by atoms with Crippen LogP contribution in [0.1, 0.15) is 47.0 Å². The molecule has 0 saturated carbocycles. The second-order valence-electron chi connectivity index (χ2n) is 7.08. The number of hydrogen-bond donors (Lipinski definition) is 2. The molecule has 1 heterocycles. The van der Waals surface area contributed by atoms with E-state index in [1.807, 2.05) is 20.8 Å². The third kappa shape index (κ3) is 5.93. The summed E-state index contributed by atoms with van der Waals surface area (Å²) < 4.78 is 0. The van der Waals surface area contributed by atoms with E-state index < -0.39 is 5.54 Å². The Morgan fingerprint density at radius 2 is 1.90 bits per heavy atom. The molecule has 1 rings (SSSR count). The van der Waals surface area contributed by atoms with Crippen LogP contribution in [0, 0.1) is 0 Å². The molecule has 1 fully saturated rings. The number of carbonyl (C=O) groups excluding carboxylic acids is 1. The molecule has 21 heavy (non-hydrogen) atoms. The molecule has 0 aromatic heterocycles. The molecule has 5 nitrogen and oxygen atoms in total. The molecule has 1 aliphatic rings. The van der Waals surface area contributed by atoms with Crippen LogP contribution in [-0.4, -0.2) is 66.6 Å². The number of amides is 1. The molecule has 0 spiro atoms. The Balaban J connectivity index is 2.47. The SMILES string of the molecule is CC(C)NC(C)(CC(C)N(C)CCN1CCCC1)C(N)=O. The second-order valence-corrected chi connectivity index (χ2v) is 7.08. The first-order valence-electron chi connectivity index (χ1n) is 8.25. The van der Waals surface area contributed by atoms with Crippen molar-refractivity contribution in [3.63, 3.8) is 0 Å². The predicted octanol–water partition coefficient (Wildman–Crippen LogP) is 1.03. The number of nitrogens with zero attached hydrogens (tertiary/aromatic N) is 2. The van der Waals surface area contributed by atoms with Crippen LogP contribution in [0.4, 0.5) is 0 Å². The predicted molar refractivity (Wildman–Crippen MR) is 88.3 cm³/mol. The lowest BCUT2D eigenvalue weighted by molar-refractivity contribution is -0.124. The first-order valence-corrected chi connectivity index (χ1v) is 8.25. The summed E-state index contributed by atoms with van der Waals surface area (Å²) in [5, 5.41) is 3.33. The molecule has 1 aliphatic heterocycles. The number of nitrogens with one attached hydrogen (secondary N) is 1. The van der Waals surface area contributed by atoms with Gasteiger partial charge in [0.15, 0.2) is 0 Å². The third-order valence-corrected chi connectivity index (χ3v) is 4.57. The van der Waals surface area contributed by atoms with Crippen LogP contribution in [0.5, 0.6) is 0 Å². The van der Waals surface area contributed by atoms with Gasteiger partial charge in [0.2, 0.25) is 5.91 Å². The molecule has 124 valence electrons. The lowest BCUT2D eigenvalue weighted by atomic mass is 9.91. The Kier molecular flexibility index (Phi) is 7.10. The van der Waals surface area contributed by atoms with E-state index in [0.717, 1.165) is 19.5 Å². The highest BCUT2D eigenvalue weighted by Gasteiger charge is 2.34. The fourth-order valence-electron chi connectivity index (χ4n) is 3.14. The van der Waals surface area contributed by atoms with Crippen molar-refractivity contribution >= 4 is 5.91 Å². The molecule has 0 aromatic carbocycles. The van der Waals surface area contributed by atoms with E-state index in [1.165, 1.54) is 25.9 Å². The second kappa shape index (κ2) is 8.11. The fraction of sp³-hybridized carbons (Fsp3) is 0.938. The van der Waals surface area contributed by atoms with E-state index in [0.29, 0.717) is 6.04 Å². The van der Waals surface area contributed by atoms with Gasteiger partial charge in [0.05, 0.1) is 5.54 Å². The Labute approximate surface area is 130 Å². The molecule has 0 radical (unpaired) electrons. The summed E-state index contributed by atoms with van der Waals surface area (Å²) >= 11 is 0. The molecular weight excluding hydrogens is 264 g/mol. The summed E-state index contributed by atoms with van der Waals surface area (Å²) in [7, 11) is 2.14. The minimum absolute atomic E-state index is 0.240. The Morgan fingerprint density at radius 1 is 1.33 bits per heavy atom. The summed E-state index contributed by atoms with van der Waals surface area (Å²) in [6.07, 6.45) is 3.39. The fourth-order valence-corrected chi connectivity index (χ4v) is 3.14. The number of carbonyl (C=O) groups is 1. The number of nitrogens with two attached hydrogens (primary N) is 1. The molecule has 0 aliphatic carbocycles. The van der Waals surface area contributed by atoms with Crippen LogP contribution < -0.4 is 11.1 Å². The summed E-state index contributed by atoms with van der Waals surface area (Å²) in [6.45, 7) is 12.8. The number of rotatable bonds is 9. The molecule has 5 heteroatoms. The van der Waals surface area contributed by atoms with Gasteiger partial charge in [-0.3, -0.25) is 4.79 Å². The number of primary amides is 1. The van der Waals surface area contributed by atoms with Crippen LogP contribution in [0.25, 0.3) is 0 Å². The van der Waals surface area contributed by atoms with E-state index in [9.17, 15) is 4.79 Å². The van der Waals surface area contributed by atoms with E-state index in [4.69, 9.17) is 5.73 Å². The molecule has 1 saturated heterocycles. The molecule has 1 amide bonds. The molecule has 0 aromatic rings. The zero-order valence-electron chi connectivity index (χ0n) is 14.5. The first kappa shape index (κ1) is 18.4. The van der Waals surface area contributed by atoms with Gasteiger partial charge in [-0.15, -0.1) is 0 Å². The molecule has 2 unspecified atom stereocenters. The molecule has 3 N–H and O–H groups in total. The van der Waals surface area contributed by atoms with Crippen molar-refractivity contribution in [1.82, 2.24) is 15.1 Å². The van der Waals surface area contributed by atoms with Gasteiger partial charge in [0, 0.05) is 25.2 Å².